The lowest BCUT2D eigenvalue weighted by atomic mass is 10.2. The van der Waals surface area contributed by atoms with Crippen molar-refractivity contribution in [3.8, 4) is 5.75 Å². The highest BCUT2D eigenvalue weighted by Gasteiger charge is 2.23. The van der Waals surface area contributed by atoms with Gasteiger partial charge in [0.25, 0.3) is 0 Å². The second-order valence-electron chi connectivity index (χ2n) is 8.04. The number of hydrogen-bond donors (Lipinski definition) is 0. The number of hydrogen-bond acceptors (Lipinski definition) is 8. The van der Waals surface area contributed by atoms with E-state index < -0.39 is 16.0 Å². The Balaban J connectivity index is 1.47. The first-order valence-corrected chi connectivity index (χ1v) is 13.7. The number of aromatic nitrogens is 1. The van der Waals surface area contributed by atoms with E-state index in [0.717, 1.165) is 41.3 Å². The number of ether oxygens (including phenoxy) is 2. The standard InChI is InChI=1S/C24H29N3O5S2/c1-3-11-27(12-4-2)34(29,30)20-8-5-18(6-9-20)23(28)32-19-7-10-21-22(17-19)33-24(25-21)26-13-15-31-16-14-26/h5-10,17H,3-4,11-16H2,1-2H3. The van der Waals surface area contributed by atoms with Crippen LogP contribution in [-0.2, 0) is 14.8 Å². The Morgan fingerprint density at radius 3 is 2.41 bits per heavy atom. The van der Waals surface area contributed by atoms with Crippen LogP contribution in [0.15, 0.2) is 47.4 Å². The molecule has 0 aliphatic carbocycles. The van der Waals surface area contributed by atoms with Gasteiger partial charge in [-0.1, -0.05) is 25.2 Å². The lowest BCUT2D eigenvalue weighted by Gasteiger charge is -2.25. The maximum atomic E-state index is 12.9. The van der Waals surface area contributed by atoms with Gasteiger partial charge in [-0.15, -0.1) is 0 Å². The maximum Gasteiger partial charge on any atom is 0.343 e. The number of carbonyl (C=O) groups excluding carboxylic acids is 1. The minimum Gasteiger partial charge on any atom is -0.423 e. The average Bonchev–Trinajstić information content (AvgIpc) is 3.28. The molecule has 3 aromatic rings. The average molecular weight is 504 g/mol. The van der Waals surface area contributed by atoms with Gasteiger partial charge in [0.1, 0.15) is 5.75 Å². The highest BCUT2D eigenvalue weighted by atomic mass is 32.2. The summed E-state index contributed by atoms with van der Waals surface area (Å²) in [6, 6.07) is 11.3. The van der Waals surface area contributed by atoms with E-state index in [4.69, 9.17) is 9.47 Å². The van der Waals surface area contributed by atoms with Gasteiger partial charge in [0, 0.05) is 32.2 Å². The third-order valence-electron chi connectivity index (χ3n) is 5.51. The van der Waals surface area contributed by atoms with Crippen molar-refractivity contribution >= 4 is 42.7 Å². The first-order chi connectivity index (χ1) is 16.4. The van der Waals surface area contributed by atoms with Crippen molar-refractivity contribution < 1.29 is 22.7 Å². The van der Waals surface area contributed by atoms with E-state index in [-0.39, 0.29) is 10.5 Å². The molecule has 0 spiro atoms. The molecule has 0 saturated carbocycles. The van der Waals surface area contributed by atoms with E-state index in [1.165, 1.54) is 28.6 Å². The Bertz CT molecular complexity index is 1230. The number of sulfonamides is 1. The minimum atomic E-state index is -3.59. The van der Waals surface area contributed by atoms with Gasteiger partial charge in [0.2, 0.25) is 10.0 Å². The van der Waals surface area contributed by atoms with Gasteiger partial charge in [-0.05, 0) is 49.2 Å². The fourth-order valence-electron chi connectivity index (χ4n) is 3.78. The van der Waals surface area contributed by atoms with Crippen LogP contribution in [-0.4, -0.2) is 63.1 Å². The van der Waals surface area contributed by atoms with Crippen LogP contribution in [0.4, 0.5) is 5.13 Å². The summed E-state index contributed by atoms with van der Waals surface area (Å²) in [5.74, 6) is -0.122. The number of thiazole rings is 1. The molecule has 0 unspecified atom stereocenters. The zero-order valence-corrected chi connectivity index (χ0v) is 21.0. The normalized spacial score (nSPS) is 14.6. The lowest BCUT2D eigenvalue weighted by molar-refractivity contribution is 0.0735. The molecule has 10 heteroatoms. The van der Waals surface area contributed by atoms with Crippen LogP contribution in [0.25, 0.3) is 10.2 Å². The van der Waals surface area contributed by atoms with Gasteiger partial charge >= 0.3 is 5.97 Å². The van der Waals surface area contributed by atoms with Crippen molar-refractivity contribution in [1.29, 1.82) is 0 Å². The predicted molar refractivity (Wildman–Crippen MR) is 133 cm³/mol. The van der Waals surface area contributed by atoms with Crippen molar-refractivity contribution in [2.45, 2.75) is 31.6 Å². The van der Waals surface area contributed by atoms with Crippen LogP contribution in [0.1, 0.15) is 37.0 Å². The molecule has 0 amide bonds. The fraction of sp³-hybridized carbons (Fsp3) is 0.417. The van der Waals surface area contributed by atoms with E-state index in [2.05, 4.69) is 9.88 Å². The summed E-state index contributed by atoms with van der Waals surface area (Å²) in [6.07, 6.45) is 1.48. The number of morpholine rings is 1. The summed E-state index contributed by atoms with van der Waals surface area (Å²) in [6.45, 7) is 7.82. The smallest absolute Gasteiger partial charge is 0.343 e. The van der Waals surface area contributed by atoms with Gasteiger partial charge in [-0.3, -0.25) is 0 Å². The minimum absolute atomic E-state index is 0.174. The highest BCUT2D eigenvalue weighted by Crippen LogP contribution is 2.32. The topological polar surface area (TPSA) is 89.0 Å². The van der Waals surface area contributed by atoms with Crippen LogP contribution >= 0.6 is 11.3 Å². The maximum absolute atomic E-state index is 12.9. The molecule has 2 aromatic carbocycles. The number of carbonyl (C=O) groups is 1. The second-order valence-corrected chi connectivity index (χ2v) is 11.0. The van der Waals surface area contributed by atoms with Gasteiger partial charge in [-0.25, -0.2) is 18.2 Å². The highest BCUT2D eigenvalue weighted by molar-refractivity contribution is 7.89. The first-order valence-electron chi connectivity index (χ1n) is 11.5. The Morgan fingerprint density at radius 1 is 1.09 bits per heavy atom. The number of benzene rings is 2. The molecular formula is C24H29N3O5S2. The summed E-state index contributed by atoms with van der Waals surface area (Å²) >= 11 is 1.55. The molecule has 1 aliphatic heterocycles. The molecule has 0 radical (unpaired) electrons. The van der Waals surface area contributed by atoms with Crippen LogP contribution in [0.2, 0.25) is 0 Å². The summed E-state index contributed by atoms with van der Waals surface area (Å²) in [5.41, 5.74) is 1.14. The van der Waals surface area contributed by atoms with Gasteiger partial charge < -0.3 is 14.4 Å². The Morgan fingerprint density at radius 2 is 1.76 bits per heavy atom. The third kappa shape index (κ3) is 5.41. The number of anilines is 1. The Kier molecular flexibility index (Phi) is 7.82. The molecule has 4 rings (SSSR count). The lowest BCUT2D eigenvalue weighted by Crippen LogP contribution is -2.36. The summed E-state index contributed by atoms with van der Waals surface area (Å²) in [7, 11) is -3.59. The second kappa shape index (κ2) is 10.8. The van der Waals surface area contributed by atoms with E-state index in [9.17, 15) is 13.2 Å². The first kappa shape index (κ1) is 24.6. The summed E-state index contributed by atoms with van der Waals surface area (Å²) < 4.78 is 39.2. The molecule has 2 heterocycles. The zero-order valence-electron chi connectivity index (χ0n) is 19.4. The molecule has 1 aromatic heterocycles. The number of fused-ring (bicyclic) bond motifs is 1. The number of nitrogens with zero attached hydrogens (tertiary/aromatic N) is 3. The predicted octanol–water partition coefficient (Wildman–Crippen LogP) is 4.16. The fourth-order valence-corrected chi connectivity index (χ4v) is 6.44. The van der Waals surface area contributed by atoms with Crippen molar-refractivity contribution in [3.05, 3.63) is 48.0 Å². The van der Waals surface area contributed by atoms with E-state index >= 15 is 0 Å². The SMILES string of the molecule is CCCN(CCC)S(=O)(=O)c1ccc(C(=O)Oc2ccc3nc(N4CCOCC4)sc3c2)cc1. The molecular weight excluding hydrogens is 474 g/mol. The van der Waals surface area contributed by atoms with Crippen LogP contribution in [0.3, 0.4) is 0 Å². The summed E-state index contributed by atoms with van der Waals surface area (Å²) in [5, 5.41) is 0.929. The number of esters is 1. The number of rotatable bonds is 9. The van der Waals surface area contributed by atoms with Gasteiger partial charge in [-0.2, -0.15) is 4.31 Å². The molecule has 34 heavy (non-hydrogen) atoms. The quantitative estimate of drug-likeness (QED) is 0.320. The Hall–Kier alpha value is -2.53. The van der Waals surface area contributed by atoms with Crippen LogP contribution < -0.4 is 9.64 Å². The molecule has 1 fully saturated rings. The molecule has 0 N–H and O–H groups in total. The molecule has 8 nitrogen and oxygen atoms in total. The van der Waals surface area contributed by atoms with Crippen molar-refractivity contribution in [1.82, 2.24) is 9.29 Å². The summed E-state index contributed by atoms with van der Waals surface area (Å²) in [4.78, 5) is 19.7. The van der Waals surface area contributed by atoms with E-state index in [0.29, 0.717) is 32.1 Å². The van der Waals surface area contributed by atoms with E-state index in [1.54, 1.807) is 23.5 Å². The zero-order chi connectivity index (χ0) is 24.1. The van der Waals surface area contributed by atoms with E-state index in [1.807, 2.05) is 19.9 Å². The monoisotopic (exact) mass is 503 g/mol. The van der Waals surface area contributed by atoms with Crippen LogP contribution in [0, 0.1) is 0 Å². The largest absolute Gasteiger partial charge is 0.423 e. The molecule has 0 bridgehead atoms. The van der Waals surface area contributed by atoms with Crippen molar-refractivity contribution in [2.24, 2.45) is 0 Å². The molecule has 0 atom stereocenters. The Labute approximate surface area is 204 Å². The van der Waals surface area contributed by atoms with Crippen molar-refractivity contribution in [3.63, 3.8) is 0 Å². The molecule has 182 valence electrons. The molecule has 1 aliphatic rings. The van der Waals surface area contributed by atoms with Gasteiger partial charge in [0.15, 0.2) is 5.13 Å². The van der Waals surface area contributed by atoms with Crippen molar-refractivity contribution in [2.75, 3.05) is 44.3 Å². The van der Waals surface area contributed by atoms with Crippen LogP contribution in [0.5, 0.6) is 5.75 Å². The molecule has 1 saturated heterocycles. The third-order valence-corrected chi connectivity index (χ3v) is 8.51. The van der Waals surface area contributed by atoms with Gasteiger partial charge in [0.05, 0.1) is 33.9 Å².